The van der Waals surface area contributed by atoms with Crippen LogP contribution in [0.4, 0.5) is 5.69 Å². The van der Waals surface area contributed by atoms with Crippen molar-refractivity contribution in [3.05, 3.63) is 39.9 Å². The second kappa shape index (κ2) is 7.21. The van der Waals surface area contributed by atoms with Gasteiger partial charge in [0.25, 0.3) is 5.69 Å². The zero-order valence-corrected chi connectivity index (χ0v) is 14.0. The predicted molar refractivity (Wildman–Crippen MR) is 89.8 cm³/mol. The van der Waals surface area contributed by atoms with E-state index in [1.807, 2.05) is 4.90 Å². The van der Waals surface area contributed by atoms with Crippen LogP contribution in [0.5, 0.6) is 0 Å². The highest BCUT2D eigenvalue weighted by Crippen LogP contribution is 2.35. The van der Waals surface area contributed by atoms with Crippen LogP contribution < -0.4 is 0 Å². The first-order chi connectivity index (χ1) is 12.0. The summed E-state index contributed by atoms with van der Waals surface area (Å²) in [6.45, 7) is 0.379. The normalized spacial score (nSPS) is 23.0. The molecule has 25 heavy (non-hydrogen) atoms. The Morgan fingerprint density at radius 2 is 1.76 bits per heavy atom. The second-order valence-corrected chi connectivity index (χ2v) is 7.01. The van der Waals surface area contributed by atoms with Crippen molar-refractivity contribution in [3.8, 4) is 0 Å². The van der Waals surface area contributed by atoms with Crippen LogP contribution in [-0.2, 0) is 16.1 Å². The quantitative estimate of drug-likeness (QED) is 0.630. The van der Waals surface area contributed by atoms with Crippen molar-refractivity contribution in [3.63, 3.8) is 0 Å². The van der Waals surface area contributed by atoms with Gasteiger partial charge in [0.05, 0.1) is 10.8 Å². The number of carbonyl (C=O) groups is 2. The molecule has 0 bridgehead atoms. The number of nitrogens with zero attached hydrogens (tertiary/aromatic N) is 2. The molecule has 0 spiro atoms. The van der Waals surface area contributed by atoms with E-state index in [0.717, 1.165) is 18.4 Å². The van der Waals surface area contributed by atoms with E-state index in [1.165, 1.54) is 12.1 Å². The van der Waals surface area contributed by atoms with Crippen LogP contribution in [0.1, 0.15) is 44.1 Å². The molecule has 2 aliphatic rings. The first-order valence-electron chi connectivity index (χ1n) is 8.72. The molecule has 0 unspecified atom stereocenters. The number of carboxylic acid groups (broad SMARTS) is 1. The maximum atomic E-state index is 12.9. The van der Waals surface area contributed by atoms with Crippen molar-refractivity contribution < 1.29 is 19.6 Å². The number of rotatable bonds is 6. The van der Waals surface area contributed by atoms with Gasteiger partial charge in [-0.25, -0.2) is 0 Å². The van der Waals surface area contributed by atoms with Crippen molar-refractivity contribution in [2.75, 3.05) is 0 Å². The molecule has 0 aliphatic heterocycles. The molecule has 2 saturated carbocycles. The van der Waals surface area contributed by atoms with Gasteiger partial charge in [-0.1, -0.05) is 12.1 Å². The van der Waals surface area contributed by atoms with Gasteiger partial charge >= 0.3 is 5.97 Å². The average Bonchev–Trinajstić information content (AvgIpc) is 3.44. The van der Waals surface area contributed by atoms with E-state index in [0.29, 0.717) is 32.2 Å². The van der Waals surface area contributed by atoms with Gasteiger partial charge in [0, 0.05) is 30.6 Å². The topological polar surface area (TPSA) is 101 Å². The average molecular weight is 346 g/mol. The molecule has 0 aromatic heterocycles. The van der Waals surface area contributed by atoms with Gasteiger partial charge in [-0.3, -0.25) is 19.7 Å². The molecule has 0 atom stereocenters. The summed E-state index contributed by atoms with van der Waals surface area (Å²) in [5, 5.41) is 20.0. The molecule has 1 amide bonds. The SMILES string of the molecule is O=C(O)C1CCC(C(=O)N(Cc2cccc([N+](=O)[O-])c2)C2CC2)CC1. The van der Waals surface area contributed by atoms with Crippen LogP contribution in [0.25, 0.3) is 0 Å². The van der Waals surface area contributed by atoms with Crippen LogP contribution in [0.2, 0.25) is 0 Å². The predicted octanol–water partition coefficient (Wildman–Crippen LogP) is 2.98. The zero-order valence-electron chi connectivity index (χ0n) is 14.0. The highest BCUT2D eigenvalue weighted by Gasteiger charge is 2.38. The lowest BCUT2D eigenvalue weighted by molar-refractivity contribution is -0.384. The molecule has 134 valence electrons. The van der Waals surface area contributed by atoms with Crippen molar-refractivity contribution >= 4 is 17.6 Å². The third-order valence-corrected chi connectivity index (χ3v) is 5.17. The van der Waals surface area contributed by atoms with E-state index in [-0.39, 0.29) is 29.5 Å². The summed E-state index contributed by atoms with van der Waals surface area (Å²) in [6, 6.07) is 6.62. The summed E-state index contributed by atoms with van der Waals surface area (Å²) in [4.78, 5) is 36.3. The van der Waals surface area contributed by atoms with Gasteiger partial charge in [0.1, 0.15) is 0 Å². The fourth-order valence-corrected chi connectivity index (χ4v) is 3.56. The number of carbonyl (C=O) groups excluding carboxylic acids is 1. The Labute approximate surface area is 145 Å². The minimum atomic E-state index is -0.776. The highest BCUT2D eigenvalue weighted by atomic mass is 16.6. The molecule has 2 fully saturated rings. The van der Waals surface area contributed by atoms with Crippen molar-refractivity contribution in [2.45, 2.75) is 51.1 Å². The summed E-state index contributed by atoms with van der Waals surface area (Å²) < 4.78 is 0. The Kier molecular flexibility index (Phi) is 5.01. The van der Waals surface area contributed by atoms with Gasteiger partial charge in [0.15, 0.2) is 0 Å². The molecule has 0 saturated heterocycles. The van der Waals surface area contributed by atoms with Gasteiger partial charge in [0.2, 0.25) is 5.91 Å². The summed E-state index contributed by atoms with van der Waals surface area (Å²) in [5.74, 6) is -1.18. The summed E-state index contributed by atoms with van der Waals surface area (Å²) in [6.07, 6.45) is 4.22. The number of nitro benzene ring substituents is 1. The molecule has 1 aromatic rings. The Balaban J connectivity index is 1.67. The van der Waals surface area contributed by atoms with Gasteiger partial charge in [-0.2, -0.15) is 0 Å². The smallest absolute Gasteiger partial charge is 0.306 e. The lowest BCUT2D eigenvalue weighted by Gasteiger charge is -2.31. The number of hydrogen-bond donors (Lipinski definition) is 1. The van der Waals surface area contributed by atoms with E-state index in [2.05, 4.69) is 0 Å². The van der Waals surface area contributed by atoms with Crippen molar-refractivity contribution in [1.82, 2.24) is 4.90 Å². The van der Waals surface area contributed by atoms with E-state index in [1.54, 1.807) is 12.1 Å². The number of non-ortho nitro benzene ring substituents is 1. The zero-order chi connectivity index (χ0) is 18.0. The van der Waals surface area contributed by atoms with Gasteiger partial charge < -0.3 is 10.0 Å². The molecule has 1 N–H and O–H groups in total. The van der Waals surface area contributed by atoms with Crippen LogP contribution in [0, 0.1) is 22.0 Å². The number of carboxylic acids is 1. The van der Waals surface area contributed by atoms with Crippen LogP contribution >= 0.6 is 0 Å². The van der Waals surface area contributed by atoms with Gasteiger partial charge in [-0.15, -0.1) is 0 Å². The number of aliphatic carboxylic acids is 1. The fourth-order valence-electron chi connectivity index (χ4n) is 3.56. The molecule has 7 heteroatoms. The minimum Gasteiger partial charge on any atom is -0.481 e. The molecule has 3 rings (SSSR count). The van der Waals surface area contributed by atoms with Gasteiger partial charge in [-0.05, 0) is 44.1 Å². The van der Waals surface area contributed by atoms with Crippen molar-refractivity contribution in [1.29, 1.82) is 0 Å². The lowest BCUT2D eigenvalue weighted by atomic mass is 9.81. The minimum absolute atomic E-state index is 0.0302. The Morgan fingerprint density at radius 1 is 1.12 bits per heavy atom. The third-order valence-electron chi connectivity index (χ3n) is 5.17. The van der Waals surface area contributed by atoms with Crippen LogP contribution in [-0.4, -0.2) is 32.8 Å². The number of hydrogen-bond acceptors (Lipinski definition) is 4. The van der Waals surface area contributed by atoms with E-state index < -0.39 is 10.9 Å². The lowest BCUT2D eigenvalue weighted by Crippen LogP contribution is -2.39. The summed E-state index contributed by atoms with van der Waals surface area (Å²) >= 11 is 0. The molecule has 1 aromatic carbocycles. The van der Waals surface area contributed by atoms with Crippen LogP contribution in [0.15, 0.2) is 24.3 Å². The summed E-state index contributed by atoms with van der Waals surface area (Å²) in [5.41, 5.74) is 0.788. The van der Waals surface area contributed by atoms with Crippen LogP contribution in [0.3, 0.4) is 0 Å². The van der Waals surface area contributed by atoms with E-state index in [9.17, 15) is 19.7 Å². The van der Waals surface area contributed by atoms with E-state index >= 15 is 0 Å². The Morgan fingerprint density at radius 3 is 2.32 bits per heavy atom. The third kappa shape index (κ3) is 4.15. The maximum absolute atomic E-state index is 12.9. The molecular weight excluding hydrogens is 324 g/mol. The Hall–Kier alpha value is -2.44. The Bertz CT molecular complexity index is 678. The molecular formula is C18H22N2O5. The molecule has 0 radical (unpaired) electrons. The molecule has 2 aliphatic carbocycles. The standard InChI is InChI=1S/C18H22N2O5/c21-17(13-4-6-14(7-5-13)18(22)23)19(15-8-9-15)11-12-2-1-3-16(10-12)20(24)25/h1-3,10,13-15H,4-9,11H2,(H,22,23). The second-order valence-electron chi connectivity index (χ2n) is 7.01. The number of benzene rings is 1. The van der Waals surface area contributed by atoms with Crippen molar-refractivity contribution in [2.24, 2.45) is 11.8 Å². The first-order valence-corrected chi connectivity index (χ1v) is 8.72. The fraction of sp³-hybridized carbons (Fsp3) is 0.556. The molecule has 0 heterocycles. The maximum Gasteiger partial charge on any atom is 0.306 e. The number of amides is 1. The molecule has 7 nitrogen and oxygen atoms in total. The first kappa shape index (κ1) is 17.4. The largest absolute Gasteiger partial charge is 0.481 e. The van der Waals surface area contributed by atoms with E-state index in [4.69, 9.17) is 5.11 Å². The monoisotopic (exact) mass is 346 g/mol. The summed E-state index contributed by atoms with van der Waals surface area (Å²) in [7, 11) is 0. The number of nitro groups is 1. The highest BCUT2D eigenvalue weighted by molar-refractivity contribution is 5.80.